The molecule has 3 heterocycles. The summed E-state index contributed by atoms with van der Waals surface area (Å²) in [4.78, 5) is 21.9. The van der Waals surface area contributed by atoms with Crippen molar-refractivity contribution in [2.24, 2.45) is 0 Å². The van der Waals surface area contributed by atoms with E-state index in [4.69, 9.17) is 9.72 Å². The molecule has 0 saturated carbocycles. The molecule has 2 N–H and O–H groups in total. The molecule has 1 aromatic rings. The summed E-state index contributed by atoms with van der Waals surface area (Å²) < 4.78 is 5.40. The van der Waals surface area contributed by atoms with E-state index in [1.54, 1.807) is 4.90 Å². The van der Waals surface area contributed by atoms with Crippen molar-refractivity contribution in [1.82, 2.24) is 20.2 Å². The monoisotopic (exact) mass is 292 g/mol. The predicted molar refractivity (Wildman–Crippen MR) is 78.9 cm³/mol. The van der Waals surface area contributed by atoms with Gasteiger partial charge in [-0.2, -0.15) is 0 Å². The van der Waals surface area contributed by atoms with Gasteiger partial charge in [-0.3, -0.25) is 4.90 Å². The summed E-state index contributed by atoms with van der Waals surface area (Å²) in [5, 5.41) is 3.41. The van der Waals surface area contributed by atoms with Crippen LogP contribution in [0.5, 0.6) is 0 Å². The molecule has 1 saturated heterocycles. The number of ether oxygens (including phenoxy) is 1. The molecule has 3 rings (SSSR count). The molecule has 2 aliphatic rings. The molecule has 1 unspecified atom stereocenters. The van der Waals surface area contributed by atoms with E-state index in [1.807, 2.05) is 20.8 Å². The summed E-state index contributed by atoms with van der Waals surface area (Å²) in [6, 6.07) is 0. The third-order valence-electron chi connectivity index (χ3n) is 3.91. The fraction of sp³-hybridized carbons (Fsp3) is 0.733. The maximum atomic E-state index is 12.1. The minimum Gasteiger partial charge on any atom is -0.444 e. The molecule has 6 heteroatoms. The highest BCUT2D eigenvalue weighted by Crippen LogP contribution is 2.27. The molecule has 1 atom stereocenters. The van der Waals surface area contributed by atoms with Crippen LogP contribution < -0.4 is 5.32 Å². The smallest absolute Gasteiger partial charge is 0.410 e. The first-order valence-corrected chi connectivity index (χ1v) is 7.69. The first kappa shape index (κ1) is 14.4. The molecule has 1 aromatic heterocycles. The Morgan fingerprint density at radius 1 is 1.38 bits per heavy atom. The number of hydrogen-bond donors (Lipinski definition) is 2. The number of carbonyl (C=O) groups excluding carboxylic acids is 1. The normalized spacial score (nSPS) is 22.2. The van der Waals surface area contributed by atoms with Crippen LogP contribution in [0.4, 0.5) is 4.79 Å². The molecular formula is C15H24N4O2. The highest BCUT2D eigenvalue weighted by Gasteiger charge is 2.31. The Labute approximate surface area is 125 Å². The van der Waals surface area contributed by atoms with Gasteiger partial charge in [-0.15, -0.1) is 0 Å². The van der Waals surface area contributed by atoms with Gasteiger partial charge < -0.3 is 15.0 Å². The zero-order valence-corrected chi connectivity index (χ0v) is 13.0. The minimum atomic E-state index is -0.459. The van der Waals surface area contributed by atoms with Crippen LogP contribution in [0.3, 0.4) is 0 Å². The van der Waals surface area contributed by atoms with Crippen LogP contribution in [0, 0.1) is 0 Å². The molecule has 0 spiro atoms. The lowest BCUT2D eigenvalue weighted by atomic mass is 9.99. The van der Waals surface area contributed by atoms with Gasteiger partial charge in [-0.25, -0.2) is 9.78 Å². The van der Waals surface area contributed by atoms with E-state index in [2.05, 4.69) is 10.3 Å². The summed E-state index contributed by atoms with van der Waals surface area (Å²) in [5.74, 6) is 1.54. The summed E-state index contributed by atoms with van der Waals surface area (Å²) in [5.41, 5.74) is 1.59. The lowest BCUT2D eigenvalue weighted by molar-refractivity contribution is 0.0238. The average molecular weight is 292 g/mol. The van der Waals surface area contributed by atoms with Crippen LogP contribution in [-0.4, -0.2) is 39.7 Å². The number of aromatic nitrogens is 2. The number of piperidine rings is 1. The molecule has 0 aromatic carbocycles. The molecule has 0 radical (unpaired) electrons. The summed E-state index contributed by atoms with van der Waals surface area (Å²) in [6.07, 6.45) is 2.10. The predicted octanol–water partition coefficient (Wildman–Crippen LogP) is 2.13. The molecule has 1 fully saturated rings. The van der Waals surface area contributed by atoms with Gasteiger partial charge in [0.15, 0.2) is 0 Å². The molecule has 1 amide bonds. The van der Waals surface area contributed by atoms with Gasteiger partial charge >= 0.3 is 6.09 Å². The number of hydrogen-bond acceptors (Lipinski definition) is 4. The van der Waals surface area contributed by atoms with Gasteiger partial charge in [0.05, 0.1) is 24.5 Å². The Kier molecular flexibility index (Phi) is 3.65. The van der Waals surface area contributed by atoms with E-state index in [0.717, 1.165) is 30.3 Å². The van der Waals surface area contributed by atoms with Crippen molar-refractivity contribution in [3.05, 3.63) is 17.2 Å². The number of rotatable bonds is 1. The first-order chi connectivity index (χ1) is 9.92. The van der Waals surface area contributed by atoms with Crippen molar-refractivity contribution < 1.29 is 9.53 Å². The van der Waals surface area contributed by atoms with Crippen molar-refractivity contribution in [3.8, 4) is 0 Å². The van der Waals surface area contributed by atoms with Gasteiger partial charge in [0.25, 0.3) is 0 Å². The fourth-order valence-electron chi connectivity index (χ4n) is 2.89. The number of carbonyl (C=O) groups is 1. The highest BCUT2D eigenvalue weighted by atomic mass is 16.6. The first-order valence-electron chi connectivity index (χ1n) is 7.69. The third kappa shape index (κ3) is 3.20. The Balaban J connectivity index is 1.63. The molecular weight excluding hydrogens is 268 g/mol. The standard InChI is InChI=1S/C15H24N4O2/c1-15(2,3)21-14(20)19-8-11-12(9-19)18-13(17-11)10-5-4-6-16-7-10/h10,16H,4-9H2,1-3H3,(H,17,18). The van der Waals surface area contributed by atoms with Crippen LogP contribution in [-0.2, 0) is 17.8 Å². The number of fused-ring (bicyclic) bond motifs is 1. The van der Waals surface area contributed by atoms with Crippen LogP contribution >= 0.6 is 0 Å². The summed E-state index contributed by atoms with van der Waals surface area (Å²) in [6.45, 7) is 8.84. The quantitative estimate of drug-likeness (QED) is 0.832. The van der Waals surface area contributed by atoms with E-state index in [1.165, 1.54) is 12.8 Å². The number of imidazole rings is 1. The maximum absolute atomic E-state index is 12.1. The van der Waals surface area contributed by atoms with Crippen molar-refractivity contribution in [1.29, 1.82) is 0 Å². The van der Waals surface area contributed by atoms with Crippen molar-refractivity contribution in [2.75, 3.05) is 13.1 Å². The number of nitrogens with one attached hydrogen (secondary N) is 2. The van der Waals surface area contributed by atoms with Crippen LogP contribution in [0.1, 0.15) is 56.7 Å². The second kappa shape index (κ2) is 5.33. The Hall–Kier alpha value is -1.56. The number of amides is 1. The van der Waals surface area contributed by atoms with E-state index in [9.17, 15) is 4.79 Å². The third-order valence-corrected chi connectivity index (χ3v) is 3.91. The Morgan fingerprint density at radius 3 is 2.81 bits per heavy atom. The van der Waals surface area contributed by atoms with Crippen LogP contribution in [0.15, 0.2) is 0 Å². The van der Waals surface area contributed by atoms with E-state index in [0.29, 0.717) is 19.0 Å². The topological polar surface area (TPSA) is 70.2 Å². The molecule has 21 heavy (non-hydrogen) atoms. The molecule has 116 valence electrons. The van der Waals surface area contributed by atoms with E-state index >= 15 is 0 Å². The molecule has 0 aliphatic carbocycles. The van der Waals surface area contributed by atoms with Crippen LogP contribution in [0.2, 0.25) is 0 Å². The molecule has 2 aliphatic heterocycles. The van der Waals surface area contributed by atoms with Gasteiger partial charge in [0, 0.05) is 12.5 Å². The van der Waals surface area contributed by atoms with Crippen LogP contribution in [0.25, 0.3) is 0 Å². The van der Waals surface area contributed by atoms with Gasteiger partial charge in [0.1, 0.15) is 11.4 Å². The lowest BCUT2D eigenvalue weighted by Crippen LogP contribution is -2.33. The van der Waals surface area contributed by atoms with Gasteiger partial charge in [-0.1, -0.05) is 0 Å². The van der Waals surface area contributed by atoms with Crippen molar-refractivity contribution >= 4 is 6.09 Å². The zero-order valence-electron chi connectivity index (χ0n) is 13.0. The summed E-state index contributed by atoms with van der Waals surface area (Å²) >= 11 is 0. The second-order valence-corrected chi connectivity index (χ2v) is 6.93. The zero-order chi connectivity index (χ0) is 15.0. The summed E-state index contributed by atoms with van der Waals surface area (Å²) in [7, 11) is 0. The van der Waals surface area contributed by atoms with Crippen molar-refractivity contribution in [2.45, 2.75) is 58.2 Å². The van der Waals surface area contributed by atoms with E-state index < -0.39 is 5.60 Å². The average Bonchev–Trinajstić information content (AvgIpc) is 2.95. The SMILES string of the molecule is CC(C)(C)OC(=O)N1Cc2nc(C3CCCNC3)[nH]c2C1. The Bertz CT molecular complexity index is 503. The maximum Gasteiger partial charge on any atom is 0.410 e. The fourth-order valence-corrected chi connectivity index (χ4v) is 2.89. The largest absolute Gasteiger partial charge is 0.444 e. The number of H-pyrrole nitrogens is 1. The van der Waals surface area contributed by atoms with Crippen molar-refractivity contribution in [3.63, 3.8) is 0 Å². The second-order valence-electron chi connectivity index (χ2n) is 6.93. The van der Waals surface area contributed by atoms with E-state index in [-0.39, 0.29) is 6.09 Å². The highest BCUT2D eigenvalue weighted by molar-refractivity contribution is 5.69. The number of aromatic amines is 1. The Morgan fingerprint density at radius 2 is 2.19 bits per heavy atom. The van der Waals surface area contributed by atoms with Gasteiger partial charge in [-0.05, 0) is 40.2 Å². The lowest BCUT2D eigenvalue weighted by Gasteiger charge is -2.24. The molecule has 0 bridgehead atoms. The minimum absolute atomic E-state index is 0.269. The van der Waals surface area contributed by atoms with Gasteiger partial charge in [0.2, 0.25) is 0 Å². The number of nitrogens with zero attached hydrogens (tertiary/aromatic N) is 2. The molecule has 6 nitrogen and oxygen atoms in total.